The van der Waals surface area contributed by atoms with E-state index in [2.05, 4.69) is 10.6 Å². The summed E-state index contributed by atoms with van der Waals surface area (Å²) in [5, 5.41) is 5.72. The first-order valence-electron chi connectivity index (χ1n) is 5.74. The van der Waals surface area contributed by atoms with Crippen LogP contribution in [0, 0.1) is 0 Å². The normalized spacial score (nSPS) is 12.3. The van der Waals surface area contributed by atoms with E-state index in [9.17, 15) is 9.59 Å². The molecule has 4 nitrogen and oxygen atoms in total. The number of amides is 2. The maximum atomic E-state index is 11.3. The summed E-state index contributed by atoms with van der Waals surface area (Å²) in [6, 6.07) is 0.201. The van der Waals surface area contributed by atoms with E-state index in [-0.39, 0.29) is 23.1 Å². The van der Waals surface area contributed by atoms with Gasteiger partial charge in [-0.3, -0.25) is 9.59 Å². The minimum absolute atomic E-state index is 0.0585. The van der Waals surface area contributed by atoms with Gasteiger partial charge in [-0.2, -0.15) is 0 Å². The molecule has 0 aliphatic rings. The molecule has 0 heterocycles. The lowest BCUT2D eigenvalue weighted by molar-refractivity contribution is -0.121. The topological polar surface area (TPSA) is 58.2 Å². The van der Waals surface area contributed by atoms with Gasteiger partial charge in [0.05, 0.1) is 0 Å². The van der Waals surface area contributed by atoms with Crippen molar-refractivity contribution >= 4 is 33.4 Å². The van der Waals surface area contributed by atoms with Gasteiger partial charge < -0.3 is 10.6 Å². The zero-order chi connectivity index (χ0) is 13.3. The smallest absolute Gasteiger partial charge is 0.221 e. The van der Waals surface area contributed by atoms with Gasteiger partial charge >= 0.3 is 0 Å². The third-order valence-electron chi connectivity index (χ3n) is 1.85. The molecule has 0 saturated heterocycles. The van der Waals surface area contributed by atoms with Gasteiger partial charge in [-0.25, -0.2) is 0 Å². The summed E-state index contributed by atoms with van der Waals surface area (Å²) in [6.07, 6.45) is 1.05. The summed E-state index contributed by atoms with van der Waals surface area (Å²) in [5.41, 5.74) is 0. The first-order valence-corrected chi connectivity index (χ1v) is 8.12. The van der Waals surface area contributed by atoms with E-state index >= 15 is 0 Å². The van der Waals surface area contributed by atoms with E-state index in [0.29, 0.717) is 12.8 Å². The summed E-state index contributed by atoms with van der Waals surface area (Å²) >= 11 is 0. The van der Waals surface area contributed by atoms with Gasteiger partial charge in [0, 0.05) is 36.9 Å². The maximum absolute atomic E-state index is 11.3. The molecule has 0 rings (SSSR count). The van der Waals surface area contributed by atoms with Gasteiger partial charge in [0.15, 0.2) is 0 Å². The van der Waals surface area contributed by atoms with Crippen LogP contribution in [-0.4, -0.2) is 35.9 Å². The van der Waals surface area contributed by atoms with E-state index in [4.69, 9.17) is 0 Å². The van der Waals surface area contributed by atoms with Gasteiger partial charge in [-0.05, 0) is 13.8 Å². The van der Waals surface area contributed by atoms with Gasteiger partial charge in [0.1, 0.15) is 0 Å². The number of rotatable bonds is 8. The second kappa shape index (κ2) is 9.65. The standard InChI is InChI=1S/C11H22N2O2S2/c1-8(2)13-10(14)5-6-16-17-9(3)7-11(15)12-4/h8-9H,5-7H2,1-4H3,(H,12,15)(H,13,14). The Labute approximate surface area is 111 Å². The van der Waals surface area contributed by atoms with Gasteiger partial charge in [0.25, 0.3) is 0 Å². The van der Waals surface area contributed by atoms with E-state index in [0.717, 1.165) is 5.75 Å². The molecule has 0 bridgehead atoms. The third-order valence-corrected chi connectivity index (χ3v) is 4.74. The molecule has 0 spiro atoms. The molecule has 1 unspecified atom stereocenters. The Hall–Kier alpha value is -0.360. The molecule has 0 aliphatic heterocycles. The summed E-state index contributed by atoms with van der Waals surface area (Å²) in [6.45, 7) is 5.91. The fraction of sp³-hybridized carbons (Fsp3) is 0.818. The zero-order valence-corrected chi connectivity index (χ0v) is 12.5. The Kier molecular flexibility index (Phi) is 9.44. The van der Waals surface area contributed by atoms with Gasteiger partial charge in [-0.1, -0.05) is 28.5 Å². The highest BCUT2D eigenvalue weighted by Gasteiger charge is 2.09. The predicted molar refractivity (Wildman–Crippen MR) is 76.1 cm³/mol. The number of hydrogen-bond acceptors (Lipinski definition) is 4. The molecule has 17 heavy (non-hydrogen) atoms. The van der Waals surface area contributed by atoms with Crippen molar-refractivity contribution in [3.05, 3.63) is 0 Å². The second-order valence-electron chi connectivity index (χ2n) is 4.08. The Bertz CT molecular complexity index is 248. The Morgan fingerprint density at radius 2 is 1.82 bits per heavy atom. The molecule has 0 aromatic carbocycles. The van der Waals surface area contributed by atoms with Crippen LogP contribution >= 0.6 is 21.6 Å². The molecule has 0 fully saturated rings. The van der Waals surface area contributed by atoms with Crippen LogP contribution in [0.1, 0.15) is 33.6 Å². The van der Waals surface area contributed by atoms with Crippen LogP contribution in [0.4, 0.5) is 0 Å². The minimum atomic E-state index is 0.0585. The van der Waals surface area contributed by atoms with E-state index in [1.54, 1.807) is 28.6 Å². The average Bonchev–Trinajstić information content (AvgIpc) is 2.23. The molecule has 0 aromatic rings. The fourth-order valence-electron chi connectivity index (χ4n) is 1.09. The number of carbonyl (C=O) groups excluding carboxylic acids is 2. The van der Waals surface area contributed by atoms with Crippen LogP contribution in [0.5, 0.6) is 0 Å². The van der Waals surface area contributed by atoms with Crippen molar-refractivity contribution < 1.29 is 9.59 Å². The molecule has 6 heteroatoms. The van der Waals surface area contributed by atoms with Crippen molar-refractivity contribution in [3.8, 4) is 0 Å². The highest BCUT2D eigenvalue weighted by atomic mass is 33.1. The zero-order valence-electron chi connectivity index (χ0n) is 10.9. The summed E-state index contributed by atoms with van der Waals surface area (Å²) in [4.78, 5) is 22.4. The van der Waals surface area contributed by atoms with Crippen molar-refractivity contribution in [1.82, 2.24) is 10.6 Å². The van der Waals surface area contributed by atoms with Crippen LogP contribution in [0.2, 0.25) is 0 Å². The molecule has 0 aromatic heterocycles. The molecule has 100 valence electrons. The SMILES string of the molecule is CNC(=O)CC(C)SSCCC(=O)NC(C)C. The first kappa shape index (κ1) is 16.6. The second-order valence-corrected chi connectivity index (χ2v) is 7.00. The predicted octanol–water partition coefficient (Wildman–Crippen LogP) is 1.81. The van der Waals surface area contributed by atoms with Crippen LogP contribution in [0.3, 0.4) is 0 Å². The van der Waals surface area contributed by atoms with Crippen molar-refractivity contribution in [2.24, 2.45) is 0 Å². The summed E-state index contributed by atoms with van der Waals surface area (Å²) < 4.78 is 0. The number of hydrogen-bond donors (Lipinski definition) is 2. The van der Waals surface area contributed by atoms with E-state index in [1.165, 1.54) is 0 Å². The van der Waals surface area contributed by atoms with Crippen molar-refractivity contribution in [2.75, 3.05) is 12.8 Å². The monoisotopic (exact) mass is 278 g/mol. The minimum Gasteiger partial charge on any atom is -0.359 e. The Morgan fingerprint density at radius 1 is 1.18 bits per heavy atom. The fourth-order valence-corrected chi connectivity index (χ4v) is 3.35. The largest absolute Gasteiger partial charge is 0.359 e. The van der Waals surface area contributed by atoms with Gasteiger partial charge in [-0.15, -0.1) is 0 Å². The number of nitrogens with one attached hydrogen (secondary N) is 2. The van der Waals surface area contributed by atoms with E-state index in [1.807, 2.05) is 20.8 Å². The van der Waals surface area contributed by atoms with Gasteiger partial charge in [0.2, 0.25) is 11.8 Å². The Balaban J connectivity index is 3.50. The molecule has 0 radical (unpaired) electrons. The van der Waals surface area contributed by atoms with Crippen molar-refractivity contribution in [2.45, 2.75) is 44.9 Å². The third kappa shape index (κ3) is 10.5. The molecule has 0 saturated carbocycles. The maximum Gasteiger partial charge on any atom is 0.221 e. The molecule has 1 atom stereocenters. The molecular weight excluding hydrogens is 256 g/mol. The molecule has 2 amide bonds. The van der Waals surface area contributed by atoms with Crippen LogP contribution < -0.4 is 10.6 Å². The first-order chi connectivity index (χ1) is 7.95. The lowest BCUT2D eigenvalue weighted by Gasteiger charge is -2.10. The highest BCUT2D eigenvalue weighted by Crippen LogP contribution is 2.28. The molecular formula is C11H22N2O2S2. The van der Waals surface area contributed by atoms with Crippen LogP contribution in [-0.2, 0) is 9.59 Å². The van der Waals surface area contributed by atoms with Crippen LogP contribution in [0.25, 0.3) is 0 Å². The number of carbonyl (C=O) groups is 2. The van der Waals surface area contributed by atoms with Crippen molar-refractivity contribution in [1.29, 1.82) is 0 Å². The Morgan fingerprint density at radius 3 is 2.35 bits per heavy atom. The quantitative estimate of drug-likeness (QED) is 0.525. The van der Waals surface area contributed by atoms with Crippen molar-refractivity contribution in [3.63, 3.8) is 0 Å². The summed E-state index contributed by atoms with van der Waals surface area (Å²) in [5.74, 6) is 0.927. The lowest BCUT2D eigenvalue weighted by Crippen LogP contribution is -2.30. The lowest BCUT2D eigenvalue weighted by atomic mass is 10.3. The highest BCUT2D eigenvalue weighted by molar-refractivity contribution is 8.76. The molecule has 0 aliphatic carbocycles. The average molecular weight is 278 g/mol. The van der Waals surface area contributed by atoms with Crippen LogP contribution in [0.15, 0.2) is 0 Å². The summed E-state index contributed by atoms with van der Waals surface area (Å²) in [7, 11) is 4.94. The molecule has 2 N–H and O–H groups in total. The van der Waals surface area contributed by atoms with E-state index < -0.39 is 0 Å².